The van der Waals surface area contributed by atoms with E-state index in [0.717, 1.165) is 16.9 Å². The van der Waals surface area contributed by atoms with Gasteiger partial charge in [-0.2, -0.15) is 0 Å². The van der Waals surface area contributed by atoms with Crippen molar-refractivity contribution in [2.75, 3.05) is 7.11 Å². The fourth-order valence-corrected chi connectivity index (χ4v) is 1.61. The highest BCUT2D eigenvalue weighted by Crippen LogP contribution is 2.14. The van der Waals surface area contributed by atoms with Crippen LogP contribution in [0.1, 0.15) is 21.6 Å². The van der Waals surface area contributed by atoms with Crippen LogP contribution >= 0.6 is 0 Å². The summed E-state index contributed by atoms with van der Waals surface area (Å²) in [5, 5.41) is 0. The van der Waals surface area contributed by atoms with Gasteiger partial charge < -0.3 is 9.47 Å². The van der Waals surface area contributed by atoms with Gasteiger partial charge in [-0.05, 0) is 30.7 Å². The number of methoxy groups -OCH3 is 1. The Balaban J connectivity index is 1.98. The molecule has 2 aromatic rings. The minimum atomic E-state index is -0.439. The first kappa shape index (κ1) is 13.1. The van der Waals surface area contributed by atoms with E-state index in [2.05, 4.69) is 9.72 Å². The number of ether oxygens (including phenoxy) is 2. The quantitative estimate of drug-likeness (QED) is 0.790. The molecule has 0 fully saturated rings. The van der Waals surface area contributed by atoms with E-state index in [1.807, 2.05) is 31.2 Å². The molecule has 2 rings (SSSR count). The van der Waals surface area contributed by atoms with Crippen LogP contribution in [-0.2, 0) is 11.3 Å². The van der Waals surface area contributed by atoms with Crippen molar-refractivity contribution in [3.8, 4) is 5.75 Å². The first-order valence-electron chi connectivity index (χ1n) is 5.92. The topological polar surface area (TPSA) is 48.4 Å². The molecular formula is C15H15NO3. The molecule has 1 aromatic heterocycles. The van der Waals surface area contributed by atoms with Crippen LogP contribution in [0.15, 0.2) is 42.6 Å². The lowest BCUT2D eigenvalue weighted by Crippen LogP contribution is -2.05. The number of aromatic nitrogens is 1. The van der Waals surface area contributed by atoms with Gasteiger partial charge in [0.1, 0.15) is 18.1 Å². The third kappa shape index (κ3) is 3.55. The first-order valence-corrected chi connectivity index (χ1v) is 5.92. The maximum absolute atomic E-state index is 11.2. The van der Waals surface area contributed by atoms with Gasteiger partial charge >= 0.3 is 5.97 Å². The molecule has 98 valence electrons. The van der Waals surface area contributed by atoms with Crippen molar-refractivity contribution in [3.63, 3.8) is 0 Å². The lowest BCUT2D eigenvalue weighted by Gasteiger charge is -2.07. The van der Waals surface area contributed by atoms with Gasteiger partial charge in [0.15, 0.2) is 0 Å². The summed E-state index contributed by atoms with van der Waals surface area (Å²) in [5.41, 5.74) is 2.34. The number of carbonyl (C=O) groups excluding carboxylic acids is 1. The van der Waals surface area contributed by atoms with Crippen LogP contribution in [0, 0.1) is 6.92 Å². The van der Waals surface area contributed by atoms with Crippen LogP contribution in [0.25, 0.3) is 0 Å². The Bertz CT molecular complexity index is 564. The molecule has 0 unspecified atom stereocenters. The number of pyridine rings is 1. The van der Waals surface area contributed by atoms with Crippen molar-refractivity contribution in [2.24, 2.45) is 0 Å². The van der Waals surface area contributed by atoms with Crippen LogP contribution in [0.2, 0.25) is 0 Å². The maximum atomic E-state index is 11.2. The molecular weight excluding hydrogens is 242 g/mol. The second kappa shape index (κ2) is 6.00. The summed E-state index contributed by atoms with van der Waals surface area (Å²) in [7, 11) is 1.33. The zero-order valence-electron chi connectivity index (χ0n) is 10.9. The second-order valence-corrected chi connectivity index (χ2v) is 4.15. The number of carbonyl (C=O) groups is 1. The summed E-state index contributed by atoms with van der Waals surface area (Å²) in [5.74, 6) is 0.378. The van der Waals surface area contributed by atoms with Crippen molar-refractivity contribution >= 4 is 5.97 Å². The average molecular weight is 257 g/mol. The molecule has 0 atom stereocenters. The van der Waals surface area contributed by atoms with Crippen molar-refractivity contribution in [2.45, 2.75) is 13.5 Å². The SMILES string of the molecule is COC(=O)c1ccc(COc2cccc(C)c2)cn1. The molecule has 1 heterocycles. The Hall–Kier alpha value is -2.36. The van der Waals surface area contributed by atoms with E-state index >= 15 is 0 Å². The molecule has 0 saturated heterocycles. The Morgan fingerprint density at radius 2 is 2.11 bits per heavy atom. The van der Waals surface area contributed by atoms with Gasteiger partial charge in [0.05, 0.1) is 7.11 Å². The third-order valence-electron chi connectivity index (χ3n) is 2.61. The second-order valence-electron chi connectivity index (χ2n) is 4.15. The normalized spacial score (nSPS) is 10.0. The number of hydrogen-bond acceptors (Lipinski definition) is 4. The Kier molecular flexibility index (Phi) is 4.13. The van der Waals surface area contributed by atoms with E-state index < -0.39 is 5.97 Å². The molecule has 0 aliphatic carbocycles. The lowest BCUT2D eigenvalue weighted by molar-refractivity contribution is 0.0594. The molecule has 0 N–H and O–H groups in total. The number of nitrogens with zero attached hydrogens (tertiary/aromatic N) is 1. The summed E-state index contributed by atoms with van der Waals surface area (Å²) >= 11 is 0. The van der Waals surface area contributed by atoms with E-state index in [1.54, 1.807) is 18.3 Å². The summed E-state index contributed by atoms with van der Waals surface area (Å²) in [6.45, 7) is 2.43. The van der Waals surface area contributed by atoms with Gasteiger partial charge in [-0.25, -0.2) is 9.78 Å². The minimum Gasteiger partial charge on any atom is -0.489 e. The number of hydrogen-bond donors (Lipinski definition) is 0. The molecule has 19 heavy (non-hydrogen) atoms. The monoisotopic (exact) mass is 257 g/mol. The molecule has 0 aliphatic rings. The molecule has 0 spiro atoms. The maximum Gasteiger partial charge on any atom is 0.356 e. The van der Waals surface area contributed by atoms with E-state index in [4.69, 9.17) is 4.74 Å². The van der Waals surface area contributed by atoms with E-state index in [0.29, 0.717) is 12.3 Å². The number of benzene rings is 1. The molecule has 0 radical (unpaired) electrons. The van der Waals surface area contributed by atoms with Crippen LogP contribution < -0.4 is 4.74 Å². The van der Waals surface area contributed by atoms with Crippen LogP contribution in [-0.4, -0.2) is 18.1 Å². The summed E-state index contributed by atoms with van der Waals surface area (Å²) in [6, 6.07) is 11.3. The van der Waals surface area contributed by atoms with E-state index in [1.165, 1.54) is 7.11 Å². The largest absolute Gasteiger partial charge is 0.489 e. The number of esters is 1. The number of aryl methyl sites for hydroxylation is 1. The zero-order chi connectivity index (χ0) is 13.7. The van der Waals surface area contributed by atoms with Crippen LogP contribution in [0.4, 0.5) is 0 Å². The molecule has 0 saturated carbocycles. The molecule has 1 aromatic carbocycles. The average Bonchev–Trinajstić information content (AvgIpc) is 2.45. The minimum absolute atomic E-state index is 0.293. The molecule has 0 bridgehead atoms. The fourth-order valence-electron chi connectivity index (χ4n) is 1.61. The molecule has 4 nitrogen and oxygen atoms in total. The lowest BCUT2D eigenvalue weighted by atomic mass is 10.2. The summed E-state index contributed by atoms with van der Waals surface area (Å²) in [4.78, 5) is 15.3. The van der Waals surface area contributed by atoms with Gasteiger partial charge in [-0.1, -0.05) is 18.2 Å². The first-order chi connectivity index (χ1) is 9.19. The predicted octanol–water partition coefficient (Wildman–Crippen LogP) is 2.76. The van der Waals surface area contributed by atoms with Crippen LogP contribution in [0.3, 0.4) is 0 Å². The third-order valence-corrected chi connectivity index (χ3v) is 2.61. The van der Waals surface area contributed by atoms with Gasteiger partial charge in [0.25, 0.3) is 0 Å². The predicted molar refractivity (Wildman–Crippen MR) is 71.1 cm³/mol. The van der Waals surface area contributed by atoms with E-state index in [9.17, 15) is 4.79 Å². The highest BCUT2D eigenvalue weighted by Gasteiger charge is 2.06. The van der Waals surface area contributed by atoms with Crippen molar-refractivity contribution in [1.29, 1.82) is 0 Å². The van der Waals surface area contributed by atoms with Crippen LogP contribution in [0.5, 0.6) is 5.75 Å². The van der Waals surface area contributed by atoms with E-state index in [-0.39, 0.29) is 0 Å². The summed E-state index contributed by atoms with van der Waals surface area (Å²) < 4.78 is 10.2. The Morgan fingerprint density at radius 1 is 1.26 bits per heavy atom. The van der Waals surface area contributed by atoms with Crippen molar-refractivity contribution in [3.05, 3.63) is 59.4 Å². The molecule has 4 heteroatoms. The zero-order valence-corrected chi connectivity index (χ0v) is 10.9. The molecule has 0 aliphatic heterocycles. The number of rotatable bonds is 4. The highest BCUT2D eigenvalue weighted by atomic mass is 16.5. The summed E-state index contributed by atoms with van der Waals surface area (Å²) in [6.07, 6.45) is 1.61. The highest BCUT2D eigenvalue weighted by molar-refractivity contribution is 5.86. The Labute approximate surface area is 112 Å². The molecule has 0 amide bonds. The van der Waals surface area contributed by atoms with Gasteiger partial charge in [0.2, 0.25) is 0 Å². The van der Waals surface area contributed by atoms with Gasteiger partial charge in [0, 0.05) is 11.8 Å². The van der Waals surface area contributed by atoms with Crippen molar-refractivity contribution < 1.29 is 14.3 Å². The van der Waals surface area contributed by atoms with Gasteiger partial charge in [-0.3, -0.25) is 0 Å². The fraction of sp³-hybridized carbons (Fsp3) is 0.200. The smallest absolute Gasteiger partial charge is 0.356 e. The van der Waals surface area contributed by atoms with Crippen molar-refractivity contribution in [1.82, 2.24) is 4.98 Å². The van der Waals surface area contributed by atoms with Gasteiger partial charge in [-0.15, -0.1) is 0 Å². The Morgan fingerprint density at radius 3 is 2.74 bits per heavy atom. The standard InChI is InChI=1S/C15H15NO3/c1-11-4-3-5-13(8-11)19-10-12-6-7-14(16-9-12)15(17)18-2/h3-9H,10H2,1-2H3.